The number of nitrogens with two attached hydrogens (primary N) is 1. The van der Waals surface area contributed by atoms with Crippen molar-refractivity contribution in [2.45, 2.75) is 47.1 Å². The van der Waals surface area contributed by atoms with Crippen molar-refractivity contribution in [3.63, 3.8) is 0 Å². The van der Waals surface area contributed by atoms with Crippen LogP contribution in [-0.2, 0) is 6.54 Å². The summed E-state index contributed by atoms with van der Waals surface area (Å²) in [4.78, 5) is 0. The molecule has 0 aliphatic heterocycles. The van der Waals surface area contributed by atoms with E-state index in [-0.39, 0.29) is 0 Å². The molecule has 1 rings (SSSR count). The van der Waals surface area contributed by atoms with Gasteiger partial charge in [-0.05, 0) is 18.8 Å². The molecule has 1 aromatic heterocycles. The molecule has 0 atom stereocenters. The first-order valence-electron chi connectivity index (χ1n) is 5.24. The fraction of sp³-hybridized carbons (Fsp3) is 0.727. The smallest absolute Gasteiger partial charge is 0.148 e. The number of rotatable bonds is 4. The number of nitrogens with zero attached hydrogens (tertiary/aromatic N) is 2. The van der Waals surface area contributed by atoms with E-state index in [1.54, 1.807) is 0 Å². The van der Waals surface area contributed by atoms with Gasteiger partial charge in [0.2, 0.25) is 0 Å². The number of aromatic nitrogens is 2. The summed E-state index contributed by atoms with van der Waals surface area (Å²) in [7, 11) is 0. The minimum Gasteiger partial charge on any atom is -0.382 e. The van der Waals surface area contributed by atoms with Gasteiger partial charge in [0.1, 0.15) is 5.82 Å². The Labute approximate surface area is 86.3 Å². The Hall–Kier alpha value is -0.990. The summed E-state index contributed by atoms with van der Waals surface area (Å²) in [6.07, 6.45) is 4.36. The molecule has 1 aromatic rings. The largest absolute Gasteiger partial charge is 0.382 e. The van der Waals surface area contributed by atoms with Gasteiger partial charge in [-0.1, -0.05) is 27.2 Å². The number of anilines is 1. The average Bonchev–Trinajstić information content (AvgIpc) is 2.44. The van der Waals surface area contributed by atoms with Crippen LogP contribution in [0.15, 0.2) is 6.20 Å². The zero-order chi connectivity index (χ0) is 10.8. The van der Waals surface area contributed by atoms with Crippen LogP contribution < -0.4 is 5.73 Å². The van der Waals surface area contributed by atoms with Crippen molar-refractivity contribution in [2.24, 2.45) is 5.41 Å². The second-order valence-electron chi connectivity index (χ2n) is 4.73. The molecule has 0 amide bonds. The molecule has 0 saturated carbocycles. The third kappa shape index (κ3) is 2.76. The van der Waals surface area contributed by atoms with Crippen molar-refractivity contribution in [2.75, 3.05) is 5.73 Å². The quantitative estimate of drug-likeness (QED) is 0.802. The Balaban J connectivity index is 2.54. The summed E-state index contributed by atoms with van der Waals surface area (Å²) in [6, 6.07) is 0. The Morgan fingerprint density at radius 2 is 2.14 bits per heavy atom. The van der Waals surface area contributed by atoms with Crippen LogP contribution in [-0.4, -0.2) is 9.78 Å². The topological polar surface area (TPSA) is 43.8 Å². The molecule has 0 radical (unpaired) electrons. The minimum atomic E-state index is 0.397. The Morgan fingerprint density at radius 3 is 2.57 bits per heavy atom. The standard InChI is InChI=1S/C11H21N3/c1-5-11(3,4)6-7-14-8-9(2)10(12)13-14/h8H,5-7H2,1-4H3,(H2,12,13). The first-order chi connectivity index (χ1) is 6.44. The van der Waals surface area contributed by atoms with E-state index in [0.717, 1.165) is 18.5 Å². The summed E-state index contributed by atoms with van der Waals surface area (Å²) in [5.41, 5.74) is 7.15. The zero-order valence-corrected chi connectivity index (χ0v) is 9.67. The van der Waals surface area contributed by atoms with E-state index in [9.17, 15) is 0 Å². The molecule has 0 aliphatic rings. The van der Waals surface area contributed by atoms with E-state index in [2.05, 4.69) is 25.9 Å². The minimum absolute atomic E-state index is 0.397. The molecule has 3 nitrogen and oxygen atoms in total. The lowest BCUT2D eigenvalue weighted by Crippen LogP contribution is -2.14. The molecule has 14 heavy (non-hydrogen) atoms. The molecule has 2 N–H and O–H groups in total. The highest BCUT2D eigenvalue weighted by Gasteiger charge is 2.15. The monoisotopic (exact) mass is 195 g/mol. The van der Waals surface area contributed by atoms with E-state index in [1.165, 1.54) is 6.42 Å². The Bertz CT molecular complexity index is 280. The molecule has 0 saturated heterocycles. The van der Waals surface area contributed by atoms with Crippen molar-refractivity contribution < 1.29 is 0 Å². The summed E-state index contributed by atoms with van der Waals surface area (Å²) in [5, 5.41) is 4.24. The highest BCUT2D eigenvalue weighted by atomic mass is 15.3. The van der Waals surface area contributed by atoms with Crippen LogP contribution in [0.2, 0.25) is 0 Å². The molecule has 0 aromatic carbocycles. The number of nitrogen functional groups attached to an aromatic ring is 1. The SMILES string of the molecule is CCC(C)(C)CCn1cc(C)c(N)n1. The molecule has 0 bridgehead atoms. The van der Waals surface area contributed by atoms with Gasteiger partial charge in [0, 0.05) is 18.3 Å². The fourth-order valence-corrected chi connectivity index (χ4v) is 1.24. The maximum absolute atomic E-state index is 5.68. The van der Waals surface area contributed by atoms with Crippen LogP contribution in [0.3, 0.4) is 0 Å². The lowest BCUT2D eigenvalue weighted by molar-refractivity contribution is 0.295. The molecule has 3 heteroatoms. The van der Waals surface area contributed by atoms with E-state index < -0.39 is 0 Å². The van der Waals surface area contributed by atoms with Gasteiger partial charge in [-0.15, -0.1) is 0 Å². The molecule has 1 heterocycles. The lowest BCUT2D eigenvalue weighted by atomic mass is 9.87. The predicted octanol–water partition coefficient (Wildman–Crippen LogP) is 2.60. The molecular weight excluding hydrogens is 174 g/mol. The second-order valence-corrected chi connectivity index (χ2v) is 4.73. The lowest BCUT2D eigenvalue weighted by Gasteiger charge is -2.22. The molecule has 0 spiro atoms. The van der Waals surface area contributed by atoms with Crippen LogP contribution in [0.1, 0.15) is 39.2 Å². The summed E-state index contributed by atoms with van der Waals surface area (Å²) < 4.78 is 1.95. The predicted molar refractivity (Wildman–Crippen MR) is 60.1 cm³/mol. The van der Waals surface area contributed by atoms with Crippen LogP contribution in [0, 0.1) is 12.3 Å². The third-order valence-electron chi connectivity index (χ3n) is 2.96. The number of aryl methyl sites for hydroxylation is 2. The molecule has 0 aliphatic carbocycles. The fourth-order valence-electron chi connectivity index (χ4n) is 1.24. The van der Waals surface area contributed by atoms with Crippen LogP contribution in [0.4, 0.5) is 5.82 Å². The molecule has 0 unspecified atom stereocenters. The summed E-state index contributed by atoms with van der Waals surface area (Å²) >= 11 is 0. The van der Waals surface area contributed by atoms with Crippen molar-refractivity contribution in [1.82, 2.24) is 9.78 Å². The van der Waals surface area contributed by atoms with Crippen LogP contribution >= 0.6 is 0 Å². The van der Waals surface area contributed by atoms with Gasteiger partial charge in [0.25, 0.3) is 0 Å². The first-order valence-corrected chi connectivity index (χ1v) is 5.24. The van der Waals surface area contributed by atoms with E-state index in [1.807, 2.05) is 17.8 Å². The van der Waals surface area contributed by atoms with Crippen LogP contribution in [0.5, 0.6) is 0 Å². The van der Waals surface area contributed by atoms with Crippen molar-refractivity contribution in [3.8, 4) is 0 Å². The van der Waals surface area contributed by atoms with E-state index >= 15 is 0 Å². The van der Waals surface area contributed by atoms with Gasteiger partial charge in [-0.2, -0.15) is 5.10 Å². The summed E-state index contributed by atoms with van der Waals surface area (Å²) in [5.74, 6) is 0.652. The maximum atomic E-state index is 5.68. The second kappa shape index (κ2) is 4.03. The first kappa shape index (κ1) is 11.1. The zero-order valence-electron chi connectivity index (χ0n) is 9.67. The van der Waals surface area contributed by atoms with Gasteiger partial charge in [0.15, 0.2) is 0 Å². The van der Waals surface area contributed by atoms with Crippen molar-refractivity contribution >= 4 is 5.82 Å². The molecule has 80 valence electrons. The Morgan fingerprint density at radius 1 is 1.50 bits per heavy atom. The van der Waals surface area contributed by atoms with E-state index in [0.29, 0.717) is 11.2 Å². The molecule has 0 fully saturated rings. The van der Waals surface area contributed by atoms with Crippen LogP contribution in [0.25, 0.3) is 0 Å². The normalized spacial score (nSPS) is 12.0. The highest BCUT2D eigenvalue weighted by Crippen LogP contribution is 2.25. The maximum Gasteiger partial charge on any atom is 0.148 e. The van der Waals surface area contributed by atoms with Gasteiger partial charge in [-0.3, -0.25) is 4.68 Å². The van der Waals surface area contributed by atoms with Crippen molar-refractivity contribution in [1.29, 1.82) is 0 Å². The number of hydrogen-bond donors (Lipinski definition) is 1. The van der Waals surface area contributed by atoms with Gasteiger partial charge in [0.05, 0.1) is 0 Å². The summed E-state index contributed by atoms with van der Waals surface area (Å²) in [6.45, 7) is 9.74. The molecular formula is C11H21N3. The van der Waals surface area contributed by atoms with Gasteiger partial charge in [-0.25, -0.2) is 0 Å². The van der Waals surface area contributed by atoms with Gasteiger partial charge >= 0.3 is 0 Å². The Kier molecular flexibility index (Phi) is 3.19. The highest BCUT2D eigenvalue weighted by molar-refractivity contribution is 5.35. The van der Waals surface area contributed by atoms with E-state index in [4.69, 9.17) is 5.73 Å². The third-order valence-corrected chi connectivity index (χ3v) is 2.96. The average molecular weight is 195 g/mol. The van der Waals surface area contributed by atoms with Crippen molar-refractivity contribution in [3.05, 3.63) is 11.8 Å². The van der Waals surface area contributed by atoms with Gasteiger partial charge < -0.3 is 5.73 Å². The number of hydrogen-bond acceptors (Lipinski definition) is 2.